The summed E-state index contributed by atoms with van der Waals surface area (Å²) in [4.78, 5) is 16.6. The molecule has 0 bridgehead atoms. The third-order valence-electron chi connectivity index (χ3n) is 3.08. The van der Waals surface area contributed by atoms with E-state index in [2.05, 4.69) is 4.98 Å². The first kappa shape index (κ1) is 12.7. The number of carbonyl (C=O) groups excluding carboxylic acids is 1. The average Bonchev–Trinajstić information content (AvgIpc) is 2.37. The van der Waals surface area contributed by atoms with Crippen molar-refractivity contribution >= 4 is 16.7 Å². The molecular weight excluding hydrogens is 226 g/mol. The Balaban J connectivity index is 2.39. The van der Waals surface area contributed by atoms with E-state index in [0.29, 0.717) is 12.0 Å². The first-order valence-corrected chi connectivity index (χ1v) is 5.95. The highest BCUT2D eigenvalue weighted by Crippen LogP contribution is 2.22. The topological polar surface area (TPSA) is 39.2 Å². The molecule has 0 amide bonds. The number of rotatable bonds is 4. The zero-order valence-electron chi connectivity index (χ0n) is 10.9. The van der Waals surface area contributed by atoms with Gasteiger partial charge < -0.3 is 4.74 Å². The molecule has 0 spiro atoms. The maximum atomic E-state index is 12.3. The summed E-state index contributed by atoms with van der Waals surface area (Å²) in [5, 5.41) is 0.900. The molecule has 0 radical (unpaired) electrons. The highest BCUT2D eigenvalue weighted by molar-refractivity contribution is 6.07. The van der Waals surface area contributed by atoms with Crippen LogP contribution in [-0.2, 0) is 4.74 Å². The third kappa shape index (κ3) is 2.57. The largest absolute Gasteiger partial charge is 0.378 e. The van der Waals surface area contributed by atoms with E-state index in [-0.39, 0.29) is 5.78 Å². The summed E-state index contributed by atoms with van der Waals surface area (Å²) in [5.41, 5.74) is 1.12. The first-order valence-electron chi connectivity index (χ1n) is 5.95. The number of carbonyl (C=O) groups is 1. The molecular formula is C15H17NO2. The van der Waals surface area contributed by atoms with Gasteiger partial charge in [0.05, 0.1) is 11.1 Å². The molecule has 0 aliphatic rings. The van der Waals surface area contributed by atoms with Crippen molar-refractivity contribution in [2.45, 2.75) is 25.9 Å². The van der Waals surface area contributed by atoms with E-state index in [1.807, 2.05) is 44.2 Å². The molecule has 3 heteroatoms. The van der Waals surface area contributed by atoms with Gasteiger partial charge in [-0.15, -0.1) is 0 Å². The van der Waals surface area contributed by atoms with Gasteiger partial charge in [-0.25, -0.2) is 0 Å². The van der Waals surface area contributed by atoms with Crippen LogP contribution in [0, 0.1) is 0 Å². The molecule has 0 aliphatic heterocycles. The van der Waals surface area contributed by atoms with Crippen molar-refractivity contribution in [2.24, 2.45) is 0 Å². The Morgan fingerprint density at radius 3 is 2.78 bits per heavy atom. The van der Waals surface area contributed by atoms with Crippen molar-refractivity contribution < 1.29 is 9.53 Å². The predicted molar refractivity (Wildman–Crippen MR) is 71.8 cm³/mol. The fourth-order valence-corrected chi connectivity index (χ4v) is 1.90. The van der Waals surface area contributed by atoms with E-state index in [1.165, 1.54) is 0 Å². The van der Waals surface area contributed by atoms with Crippen molar-refractivity contribution in [3.05, 3.63) is 42.1 Å². The van der Waals surface area contributed by atoms with Gasteiger partial charge in [0.25, 0.3) is 0 Å². The molecule has 0 atom stereocenters. The summed E-state index contributed by atoms with van der Waals surface area (Å²) in [7, 11) is 1.62. The number of ether oxygens (including phenoxy) is 1. The minimum atomic E-state index is -0.443. The van der Waals surface area contributed by atoms with Gasteiger partial charge in [0.2, 0.25) is 0 Å². The lowest BCUT2D eigenvalue weighted by molar-refractivity contribution is 0.0172. The number of nitrogens with zero attached hydrogens (tertiary/aromatic N) is 1. The van der Waals surface area contributed by atoms with E-state index in [1.54, 1.807) is 13.3 Å². The van der Waals surface area contributed by atoms with Crippen LogP contribution < -0.4 is 0 Å². The Labute approximate surface area is 107 Å². The van der Waals surface area contributed by atoms with E-state index in [9.17, 15) is 4.79 Å². The number of aromatic nitrogens is 1. The lowest BCUT2D eigenvalue weighted by atomic mass is 9.95. The van der Waals surface area contributed by atoms with Gasteiger partial charge in [0.1, 0.15) is 0 Å². The van der Waals surface area contributed by atoms with Crippen molar-refractivity contribution in [3.63, 3.8) is 0 Å². The molecule has 0 fully saturated rings. The Morgan fingerprint density at radius 1 is 1.28 bits per heavy atom. The molecule has 0 aliphatic carbocycles. The zero-order chi connectivity index (χ0) is 13.2. The maximum Gasteiger partial charge on any atom is 0.166 e. The molecule has 2 rings (SSSR count). The number of hydrogen-bond acceptors (Lipinski definition) is 3. The van der Waals surface area contributed by atoms with Gasteiger partial charge in [-0.1, -0.05) is 18.2 Å². The van der Waals surface area contributed by atoms with Gasteiger partial charge in [-0.3, -0.25) is 9.78 Å². The molecule has 94 valence electrons. The number of Topliss-reactive ketones (excluding diaryl/α,β-unsaturated/α-hetero) is 1. The monoisotopic (exact) mass is 243 g/mol. The van der Waals surface area contributed by atoms with Gasteiger partial charge in [-0.05, 0) is 26.0 Å². The minimum absolute atomic E-state index is 0.0838. The quantitative estimate of drug-likeness (QED) is 0.774. The highest BCUT2D eigenvalue weighted by Gasteiger charge is 2.22. The Kier molecular flexibility index (Phi) is 3.43. The van der Waals surface area contributed by atoms with Crippen LogP contribution >= 0.6 is 0 Å². The summed E-state index contributed by atoms with van der Waals surface area (Å²) in [6.07, 6.45) is 2.09. The van der Waals surface area contributed by atoms with Crippen LogP contribution in [0.2, 0.25) is 0 Å². The molecule has 1 heterocycles. The smallest absolute Gasteiger partial charge is 0.166 e. The first-order chi connectivity index (χ1) is 8.53. The van der Waals surface area contributed by atoms with Gasteiger partial charge >= 0.3 is 0 Å². The SMILES string of the molecule is COC(C)(C)CC(=O)c1cccc2ncccc12. The van der Waals surface area contributed by atoms with E-state index < -0.39 is 5.60 Å². The summed E-state index contributed by atoms with van der Waals surface area (Å²) < 4.78 is 5.31. The second-order valence-corrected chi connectivity index (χ2v) is 4.94. The number of hydrogen-bond donors (Lipinski definition) is 0. The van der Waals surface area contributed by atoms with Gasteiger partial charge in [-0.2, -0.15) is 0 Å². The molecule has 2 aromatic rings. The highest BCUT2D eigenvalue weighted by atomic mass is 16.5. The average molecular weight is 243 g/mol. The Bertz CT molecular complexity index is 570. The van der Waals surface area contributed by atoms with E-state index in [0.717, 1.165) is 10.9 Å². The summed E-state index contributed by atoms with van der Waals surface area (Å²) in [6.45, 7) is 3.82. The lowest BCUT2D eigenvalue weighted by Crippen LogP contribution is -2.26. The van der Waals surface area contributed by atoms with Crippen molar-refractivity contribution in [1.82, 2.24) is 4.98 Å². The minimum Gasteiger partial charge on any atom is -0.378 e. The predicted octanol–water partition coefficient (Wildman–Crippen LogP) is 3.23. The Hall–Kier alpha value is -1.74. The second-order valence-electron chi connectivity index (χ2n) is 4.94. The standard InChI is InChI=1S/C15H17NO2/c1-15(2,18-3)10-14(17)12-6-4-8-13-11(12)7-5-9-16-13/h4-9H,10H2,1-3H3. The van der Waals surface area contributed by atoms with Crippen molar-refractivity contribution in [2.75, 3.05) is 7.11 Å². The normalized spacial score (nSPS) is 11.7. The molecule has 1 aromatic heterocycles. The molecule has 0 unspecified atom stereocenters. The van der Waals surface area contributed by atoms with Crippen LogP contribution in [0.3, 0.4) is 0 Å². The van der Waals surface area contributed by atoms with Crippen LogP contribution in [0.15, 0.2) is 36.5 Å². The summed E-state index contributed by atoms with van der Waals surface area (Å²) in [6, 6.07) is 9.39. The van der Waals surface area contributed by atoms with Crippen molar-refractivity contribution in [3.8, 4) is 0 Å². The maximum absolute atomic E-state index is 12.3. The molecule has 0 N–H and O–H groups in total. The van der Waals surface area contributed by atoms with Crippen LogP contribution in [-0.4, -0.2) is 23.5 Å². The summed E-state index contributed by atoms with van der Waals surface area (Å²) >= 11 is 0. The fraction of sp³-hybridized carbons (Fsp3) is 0.333. The molecule has 18 heavy (non-hydrogen) atoms. The zero-order valence-corrected chi connectivity index (χ0v) is 10.9. The Morgan fingerprint density at radius 2 is 2.06 bits per heavy atom. The van der Waals surface area contributed by atoms with Crippen LogP contribution in [0.5, 0.6) is 0 Å². The van der Waals surface area contributed by atoms with E-state index in [4.69, 9.17) is 4.74 Å². The second kappa shape index (κ2) is 4.86. The number of pyridine rings is 1. The number of ketones is 1. The molecule has 0 saturated heterocycles. The number of benzene rings is 1. The lowest BCUT2D eigenvalue weighted by Gasteiger charge is -2.22. The fourth-order valence-electron chi connectivity index (χ4n) is 1.90. The van der Waals surface area contributed by atoms with Crippen molar-refractivity contribution in [1.29, 1.82) is 0 Å². The molecule has 3 nitrogen and oxygen atoms in total. The summed E-state index contributed by atoms with van der Waals surface area (Å²) in [5.74, 6) is 0.0838. The van der Waals surface area contributed by atoms with Crippen LogP contribution in [0.4, 0.5) is 0 Å². The molecule has 1 aromatic carbocycles. The van der Waals surface area contributed by atoms with Crippen LogP contribution in [0.1, 0.15) is 30.6 Å². The van der Waals surface area contributed by atoms with Crippen LogP contribution in [0.25, 0.3) is 10.9 Å². The molecule has 0 saturated carbocycles. The number of fused-ring (bicyclic) bond motifs is 1. The van der Waals surface area contributed by atoms with Gasteiger partial charge in [0, 0.05) is 30.7 Å². The third-order valence-corrected chi connectivity index (χ3v) is 3.08. The van der Waals surface area contributed by atoms with E-state index >= 15 is 0 Å². The number of methoxy groups -OCH3 is 1. The van der Waals surface area contributed by atoms with Gasteiger partial charge in [0.15, 0.2) is 5.78 Å².